The summed E-state index contributed by atoms with van der Waals surface area (Å²) in [5.41, 5.74) is 2.61. The largest absolute Gasteiger partial charge is 0.305 e. The maximum atomic E-state index is 4.68. The predicted octanol–water partition coefficient (Wildman–Crippen LogP) is 2.80. The molecule has 1 aromatic carbocycles. The average Bonchev–Trinajstić information content (AvgIpc) is 3.07. The minimum absolute atomic E-state index is 0.0371. The van der Waals surface area contributed by atoms with Crippen LogP contribution in [0.4, 0.5) is 0 Å². The fourth-order valence-corrected chi connectivity index (χ4v) is 3.11. The van der Waals surface area contributed by atoms with Gasteiger partial charge < -0.3 is 5.32 Å². The standard InChI is InChI=1S/C17H24N4/c1-4-14-6-8-15(9-7-14)12-21-16(19-13(2)20-21)17(3)10-5-11-18-17/h6-9,18H,4-5,10-12H2,1-3H3/t17-/m0/s1. The number of hydrogen-bond donors (Lipinski definition) is 1. The molecule has 1 aromatic heterocycles. The van der Waals surface area contributed by atoms with Crippen molar-refractivity contribution in [2.24, 2.45) is 0 Å². The smallest absolute Gasteiger partial charge is 0.147 e. The van der Waals surface area contributed by atoms with Crippen LogP contribution in [0.25, 0.3) is 0 Å². The SMILES string of the molecule is CCc1ccc(Cn2nc(C)nc2[C@]2(C)CCCN2)cc1. The first-order chi connectivity index (χ1) is 10.1. The van der Waals surface area contributed by atoms with Crippen LogP contribution in [0.2, 0.25) is 0 Å². The van der Waals surface area contributed by atoms with E-state index in [9.17, 15) is 0 Å². The van der Waals surface area contributed by atoms with Gasteiger partial charge in [-0.15, -0.1) is 0 Å². The van der Waals surface area contributed by atoms with Crippen molar-refractivity contribution in [2.45, 2.75) is 52.1 Å². The van der Waals surface area contributed by atoms with Crippen LogP contribution in [-0.2, 0) is 18.5 Å². The molecule has 0 aliphatic carbocycles. The third-order valence-corrected chi connectivity index (χ3v) is 4.40. The number of nitrogens with zero attached hydrogens (tertiary/aromatic N) is 3. The highest BCUT2D eigenvalue weighted by molar-refractivity contribution is 5.23. The minimum Gasteiger partial charge on any atom is -0.305 e. The second-order valence-electron chi connectivity index (χ2n) is 6.17. The minimum atomic E-state index is -0.0371. The Hall–Kier alpha value is -1.68. The third-order valence-electron chi connectivity index (χ3n) is 4.40. The lowest BCUT2D eigenvalue weighted by molar-refractivity contribution is 0.382. The molecular weight excluding hydrogens is 260 g/mol. The second-order valence-corrected chi connectivity index (χ2v) is 6.17. The van der Waals surface area contributed by atoms with Crippen LogP contribution >= 0.6 is 0 Å². The molecule has 1 atom stereocenters. The number of rotatable bonds is 4. The number of benzene rings is 1. The van der Waals surface area contributed by atoms with Gasteiger partial charge in [-0.25, -0.2) is 9.67 Å². The zero-order valence-corrected chi connectivity index (χ0v) is 13.2. The van der Waals surface area contributed by atoms with Crippen molar-refractivity contribution in [3.05, 3.63) is 47.0 Å². The Morgan fingerprint density at radius 2 is 1.95 bits per heavy atom. The summed E-state index contributed by atoms with van der Waals surface area (Å²) in [5, 5.41) is 8.19. The van der Waals surface area contributed by atoms with Crippen molar-refractivity contribution in [3.8, 4) is 0 Å². The van der Waals surface area contributed by atoms with Crippen LogP contribution in [0.5, 0.6) is 0 Å². The van der Waals surface area contributed by atoms with E-state index < -0.39 is 0 Å². The Balaban J connectivity index is 1.88. The van der Waals surface area contributed by atoms with Gasteiger partial charge in [0.1, 0.15) is 11.6 Å². The van der Waals surface area contributed by atoms with Gasteiger partial charge in [-0.2, -0.15) is 5.10 Å². The van der Waals surface area contributed by atoms with Gasteiger partial charge in [-0.3, -0.25) is 0 Å². The maximum Gasteiger partial charge on any atom is 0.147 e. The summed E-state index contributed by atoms with van der Waals surface area (Å²) in [6, 6.07) is 8.80. The van der Waals surface area contributed by atoms with E-state index in [1.165, 1.54) is 17.5 Å². The Morgan fingerprint density at radius 3 is 2.57 bits per heavy atom. The molecule has 21 heavy (non-hydrogen) atoms. The highest BCUT2D eigenvalue weighted by atomic mass is 15.4. The molecule has 2 aromatic rings. The molecule has 0 radical (unpaired) electrons. The van der Waals surface area contributed by atoms with E-state index in [0.29, 0.717) is 0 Å². The third kappa shape index (κ3) is 2.86. The molecule has 1 saturated heterocycles. The second kappa shape index (κ2) is 5.60. The summed E-state index contributed by atoms with van der Waals surface area (Å²) in [5.74, 6) is 1.92. The molecule has 1 N–H and O–H groups in total. The molecule has 1 aliphatic rings. The van der Waals surface area contributed by atoms with Crippen LogP contribution in [0, 0.1) is 6.92 Å². The van der Waals surface area contributed by atoms with Gasteiger partial charge >= 0.3 is 0 Å². The molecule has 3 rings (SSSR count). The van der Waals surface area contributed by atoms with E-state index in [-0.39, 0.29) is 5.54 Å². The van der Waals surface area contributed by atoms with Crippen molar-refractivity contribution < 1.29 is 0 Å². The summed E-state index contributed by atoms with van der Waals surface area (Å²) < 4.78 is 2.06. The van der Waals surface area contributed by atoms with Gasteiger partial charge in [-0.1, -0.05) is 31.2 Å². The first-order valence-corrected chi connectivity index (χ1v) is 7.85. The van der Waals surface area contributed by atoms with Gasteiger partial charge in [0, 0.05) is 0 Å². The highest BCUT2D eigenvalue weighted by Gasteiger charge is 2.35. The first kappa shape index (κ1) is 14.3. The van der Waals surface area contributed by atoms with E-state index in [2.05, 4.69) is 58.2 Å². The lowest BCUT2D eigenvalue weighted by Gasteiger charge is -2.23. The average molecular weight is 284 g/mol. The Bertz CT molecular complexity index is 606. The zero-order chi connectivity index (χ0) is 14.9. The number of hydrogen-bond acceptors (Lipinski definition) is 3. The fourth-order valence-electron chi connectivity index (χ4n) is 3.11. The Morgan fingerprint density at radius 1 is 1.24 bits per heavy atom. The molecule has 0 unspecified atom stereocenters. The van der Waals surface area contributed by atoms with Crippen LogP contribution in [0.15, 0.2) is 24.3 Å². The number of aryl methyl sites for hydroxylation is 2. The van der Waals surface area contributed by atoms with E-state index in [1.807, 2.05) is 6.92 Å². The summed E-state index contributed by atoms with van der Waals surface area (Å²) in [7, 11) is 0. The first-order valence-electron chi connectivity index (χ1n) is 7.85. The van der Waals surface area contributed by atoms with Crippen LogP contribution in [0.1, 0.15) is 49.5 Å². The molecule has 1 fully saturated rings. The lowest BCUT2D eigenvalue weighted by atomic mass is 9.99. The van der Waals surface area contributed by atoms with Gasteiger partial charge in [0.05, 0.1) is 12.1 Å². The van der Waals surface area contributed by atoms with E-state index in [0.717, 1.165) is 37.6 Å². The van der Waals surface area contributed by atoms with Crippen LogP contribution < -0.4 is 5.32 Å². The van der Waals surface area contributed by atoms with Crippen LogP contribution in [-0.4, -0.2) is 21.3 Å². The highest BCUT2D eigenvalue weighted by Crippen LogP contribution is 2.29. The molecule has 4 nitrogen and oxygen atoms in total. The van der Waals surface area contributed by atoms with Gasteiger partial charge in [-0.05, 0) is 50.8 Å². The molecule has 0 bridgehead atoms. The van der Waals surface area contributed by atoms with Gasteiger partial charge in [0.25, 0.3) is 0 Å². The van der Waals surface area contributed by atoms with Gasteiger partial charge in [0.2, 0.25) is 0 Å². The van der Waals surface area contributed by atoms with E-state index in [1.54, 1.807) is 0 Å². The summed E-state index contributed by atoms with van der Waals surface area (Å²) in [4.78, 5) is 4.68. The number of aromatic nitrogens is 3. The monoisotopic (exact) mass is 284 g/mol. The van der Waals surface area contributed by atoms with Crippen molar-refractivity contribution in [1.29, 1.82) is 0 Å². The lowest BCUT2D eigenvalue weighted by Crippen LogP contribution is -2.36. The van der Waals surface area contributed by atoms with Crippen molar-refractivity contribution >= 4 is 0 Å². The predicted molar refractivity (Wildman–Crippen MR) is 84.3 cm³/mol. The topological polar surface area (TPSA) is 42.7 Å². The van der Waals surface area contributed by atoms with Crippen LogP contribution in [0.3, 0.4) is 0 Å². The van der Waals surface area contributed by atoms with Crippen molar-refractivity contribution in [1.82, 2.24) is 20.1 Å². The quantitative estimate of drug-likeness (QED) is 0.939. The summed E-state index contributed by atoms with van der Waals surface area (Å²) in [6.45, 7) is 8.24. The fraction of sp³-hybridized carbons (Fsp3) is 0.529. The Labute approximate surface area is 126 Å². The summed E-state index contributed by atoms with van der Waals surface area (Å²) >= 11 is 0. The van der Waals surface area contributed by atoms with E-state index in [4.69, 9.17) is 0 Å². The molecule has 0 spiro atoms. The zero-order valence-electron chi connectivity index (χ0n) is 13.2. The molecule has 2 heterocycles. The number of nitrogens with one attached hydrogen (secondary N) is 1. The maximum absolute atomic E-state index is 4.68. The molecule has 0 saturated carbocycles. The molecule has 0 amide bonds. The summed E-state index contributed by atoms with van der Waals surface area (Å²) in [6.07, 6.45) is 3.41. The van der Waals surface area contributed by atoms with E-state index >= 15 is 0 Å². The Kier molecular flexibility index (Phi) is 3.81. The van der Waals surface area contributed by atoms with Crippen molar-refractivity contribution in [2.75, 3.05) is 6.54 Å². The molecule has 112 valence electrons. The van der Waals surface area contributed by atoms with Crippen molar-refractivity contribution in [3.63, 3.8) is 0 Å². The van der Waals surface area contributed by atoms with Gasteiger partial charge in [0.15, 0.2) is 0 Å². The normalized spacial score (nSPS) is 21.9. The molecule has 1 aliphatic heterocycles. The molecule has 4 heteroatoms. The molecular formula is C17H24N4.